The predicted molar refractivity (Wildman–Crippen MR) is 152 cm³/mol. The molecule has 1 aromatic heterocycles. The predicted octanol–water partition coefficient (Wildman–Crippen LogP) is 1.47. The third-order valence-electron chi connectivity index (χ3n) is 8.73. The van der Waals surface area contributed by atoms with Crippen LogP contribution in [0, 0.1) is 5.92 Å². The molecule has 6 rings (SSSR count). The number of para-hydroxylation sites is 1. The number of aryl methyl sites for hydroxylation is 1. The number of carbonyl (C=O) groups is 3. The second kappa shape index (κ2) is 10.2. The minimum atomic E-state index is -0.695. The number of likely N-dealkylation sites (tertiary alicyclic amines) is 1. The average molecular weight is 569 g/mol. The normalized spacial score (nSPS) is 25.1. The number of anilines is 1. The molecule has 4 aliphatic heterocycles. The fourth-order valence-electron chi connectivity index (χ4n) is 6.82. The van der Waals surface area contributed by atoms with Gasteiger partial charge in [-0.05, 0) is 51.7 Å². The molecule has 4 aliphatic rings. The number of ether oxygens (including phenoxy) is 2. The van der Waals surface area contributed by atoms with Crippen LogP contribution in [0.25, 0.3) is 11.0 Å². The summed E-state index contributed by atoms with van der Waals surface area (Å²) in [5.74, 6) is -0.297. The molecule has 3 amide bonds. The van der Waals surface area contributed by atoms with Gasteiger partial charge in [0.2, 0.25) is 11.8 Å². The van der Waals surface area contributed by atoms with Crippen molar-refractivity contribution in [3.8, 4) is 0 Å². The van der Waals surface area contributed by atoms with E-state index < -0.39 is 17.6 Å². The van der Waals surface area contributed by atoms with Crippen molar-refractivity contribution in [2.24, 2.45) is 13.0 Å². The molecule has 2 atom stereocenters. The van der Waals surface area contributed by atoms with Crippen LogP contribution in [0.4, 0.5) is 10.5 Å². The molecule has 0 saturated carbocycles. The van der Waals surface area contributed by atoms with Crippen molar-refractivity contribution in [2.45, 2.75) is 57.3 Å². The van der Waals surface area contributed by atoms with E-state index in [1.165, 1.54) is 4.57 Å². The first-order valence-corrected chi connectivity index (χ1v) is 14.6. The Labute approximate surface area is 239 Å². The summed E-state index contributed by atoms with van der Waals surface area (Å²) in [6.45, 7) is 11.9. The number of nitrogens with one attached hydrogen (secondary N) is 1. The zero-order valence-corrected chi connectivity index (χ0v) is 24.4. The zero-order chi connectivity index (χ0) is 29.1. The molecule has 5 heterocycles. The summed E-state index contributed by atoms with van der Waals surface area (Å²) in [4.78, 5) is 56.4. The summed E-state index contributed by atoms with van der Waals surface area (Å²) >= 11 is 0. The minimum Gasteiger partial charge on any atom is -0.444 e. The molecule has 4 saturated heterocycles. The topological polar surface area (TPSA) is 118 Å². The Bertz CT molecular complexity index is 1430. The van der Waals surface area contributed by atoms with Gasteiger partial charge in [-0.25, -0.2) is 9.59 Å². The molecule has 0 radical (unpaired) electrons. The number of hydrogen-bond donors (Lipinski definition) is 1. The highest BCUT2D eigenvalue weighted by molar-refractivity contribution is 6.00. The highest BCUT2D eigenvalue weighted by Crippen LogP contribution is 2.39. The highest BCUT2D eigenvalue weighted by atomic mass is 16.6. The third kappa shape index (κ3) is 5.23. The van der Waals surface area contributed by atoms with E-state index in [4.69, 9.17) is 9.47 Å². The Balaban J connectivity index is 1.07. The first kappa shape index (κ1) is 27.8. The van der Waals surface area contributed by atoms with Crippen LogP contribution in [0.3, 0.4) is 0 Å². The van der Waals surface area contributed by atoms with Crippen LogP contribution in [-0.2, 0) is 26.1 Å². The number of fused-ring (bicyclic) bond motifs is 1. The lowest BCUT2D eigenvalue weighted by atomic mass is 9.87. The standard InChI is InChI=1S/C29H40N6O6/c1-28(2,3)41-27(39)34-17-29(18-34)14-19(16-40-29)15-32-10-12-33(13-11-32)20-6-5-7-21-24(20)31(4)26(38)35(21)22-8-9-23(36)30-25(22)37/h5-7,19,22H,8-18H2,1-4H3,(H,30,36,37). The van der Waals surface area contributed by atoms with E-state index in [1.54, 1.807) is 16.5 Å². The maximum Gasteiger partial charge on any atom is 0.410 e. The lowest BCUT2D eigenvalue weighted by molar-refractivity contribution is -0.135. The van der Waals surface area contributed by atoms with Gasteiger partial charge in [-0.3, -0.25) is 28.9 Å². The zero-order valence-electron chi connectivity index (χ0n) is 24.4. The number of hydrogen-bond acceptors (Lipinski definition) is 8. The van der Waals surface area contributed by atoms with Crippen LogP contribution in [0.1, 0.15) is 46.1 Å². The monoisotopic (exact) mass is 568 g/mol. The number of rotatable bonds is 4. The summed E-state index contributed by atoms with van der Waals surface area (Å²) in [6.07, 6.45) is 1.21. The first-order valence-electron chi connectivity index (χ1n) is 14.6. The summed E-state index contributed by atoms with van der Waals surface area (Å²) < 4.78 is 14.8. The molecule has 1 aromatic carbocycles. The summed E-state index contributed by atoms with van der Waals surface area (Å²) in [7, 11) is 1.74. The number of carbonyl (C=O) groups excluding carboxylic acids is 3. The summed E-state index contributed by atoms with van der Waals surface area (Å²) in [6, 6.07) is 5.15. The molecule has 1 spiro atoms. The van der Waals surface area contributed by atoms with E-state index in [9.17, 15) is 19.2 Å². The number of aromatic nitrogens is 2. The molecule has 1 N–H and O–H groups in total. The van der Waals surface area contributed by atoms with Gasteiger partial charge in [0.15, 0.2) is 0 Å². The molecule has 222 valence electrons. The van der Waals surface area contributed by atoms with E-state index in [-0.39, 0.29) is 29.7 Å². The van der Waals surface area contributed by atoms with Crippen LogP contribution in [0.5, 0.6) is 0 Å². The molecule has 2 unspecified atom stereocenters. The van der Waals surface area contributed by atoms with Crippen LogP contribution >= 0.6 is 0 Å². The Kier molecular flexibility index (Phi) is 6.88. The number of nitrogens with zero attached hydrogens (tertiary/aromatic N) is 5. The number of piperidine rings is 1. The van der Waals surface area contributed by atoms with E-state index in [1.807, 2.05) is 39.0 Å². The fraction of sp³-hybridized carbons (Fsp3) is 0.655. The lowest BCUT2D eigenvalue weighted by Crippen LogP contribution is -2.63. The number of imide groups is 1. The molecule has 12 heteroatoms. The second-order valence-electron chi connectivity index (χ2n) is 13.0. The van der Waals surface area contributed by atoms with Gasteiger partial charge in [-0.15, -0.1) is 0 Å². The molecule has 0 aliphatic carbocycles. The van der Waals surface area contributed by atoms with Gasteiger partial charge in [0.1, 0.15) is 17.2 Å². The first-order chi connectivity index (χ1) is 19.4. The number of amides is 3. The van der Waals surface area contributed by atoms with Crippen LogP contribution in [0.2, 0.25) is 0 Å². The maximum atomic E-state index is 13.3. The number of piperazine rings is 1. The second-order valence-corrected chi connectivity index (χ2v) is 13.0. The Morgan fingerprint density at radius 1 is 1.12 bits per heavy atom. The van der Waals surface area contributed by atoms with Crippen molar-refractivity contribution in [3.63, 3.8) is 0 Å². The molecule has 0 bridgehead atoms. The van der Waals surface area contributed by atoms with Crippen molar-refractivity contribution in [1.82, 2.24) is 24.3 Å². The average Bonchev–Trinajstić information content (AvgIpc) is 3.42. The Morgan fingerprint density at radius 2 is 1.85 bits per heavy atom. The smallest absolute Gasteiger partial charge is 0.410 e. The maximum absolute atomic E-state index is 13.3. The van der Waals surface area contributed by atoms with E-state index in [2.05, 4.69) is 15.1 Å². The molecule has 2 aromatic rings. The SMILES string of the molecule is Cn1c(=O)n(C2CCC(=O)NC2=O)c2cccc(N3CCN(CC4COC5(C4)CN(C(=O)OC(C)(C)C)C5)CC3)c21. The Hall–Kier alpha value is -3.38. The van der Waals surface area contributed by atoms with Crippen molar-refractivity contribution in [1.29, 1.82) is 0 Å². The molecule has 41 heavy (non-hydrogen) atoms. The van der Waals surface area contributed by atoms with Crippen molar-refractivity contribution < 1.29 is 23.9 Å². The molecule has 12 nitrogen and oxygen atoms in total. The van der Waals surface area contributed by atoms with Gasteiger partial charge in [-0.2, -0.15) is 0 Å². The van der Waals surface area contributed by atoms with Crippen molar-refractivity contribution in [2.75, 3.05) is 57.3 Å². The largest absolute Gasteiger partial charge is 0.444 e. The Morgan fingerprint density at radius 3 is 2.54 bits per heavy atom. The third-order valence-corrected chi connectivity index (χ3v) is 8.73. The van der Waals surface area contributed by atoms with E-state index >= 15 is 0 Å². The van der Waals surface area contributed by atoms with E-state index in [0.717, 1.165) is 50.3 Å². The molecular weight excluding hydrogens is 528 g/mol. The van der Waals surface area contributed by atoms with Gasteiger partial charge in [0, 0.05) is 46.2 Å². The number of benzene rings is 1. The van der Waals surface area contributed by atoms with E-state index in [0.29, 0.717) is 37.6 Å². The van der Waals surface area contributed by atoms with Crippen LogP contribution in [-0.4, -0.2) is 100 Å². The number of imidazole rings is 1. The van der Waals surface area contributed by atoms with Crippen molar-refractivity contribution >= 4 is 34.6 Å². The van der Waals surface area contributed by atoms with Gasteiger partial charge in [-0.1, -0.05) is 6.07 Å². The highest BCUT2D eigenvalue weighted by Gasteiger charge is 2.52. The van der Waals surface area contributed by atoms with Gasteiger partial charge < -0.3 is 19.3 Å². The van der Waals surface area contributed by atoms with Crippen molar-refractivity contribution in [3.05, 3.63) is 28.7 Å². The van der Waals surface area contributed by atoms with Gasteiger partial charge in [0.05, 0.1) is 36.4 Å². The van der Waals surface area contributed by atoms with Gasteiger partial charge in [0.25, 0.3) is 0 Å². The quantitative estimate of drug-likeness (QED) is 0.551. The van der Waals surface area contributed by atoms with Crippen LogP contribution < -0.4 is 15.9 Å². The fourth-order valence-corrected chi connectivity index (χ4v) is 6.82. The molecular formula is C29H40N6O6. The van der Waals surface area contributed by atoms with Crippen LogP contribution in [0.15, 0.2) is 23.0 Å². The molecule has 4 fully saturated rings. The lowest BCUT2D eigenvalue weighted by Gasteiger charge is -2.47. The summed E-state index contributed by atoms with van der Waals surface area (Å²) in [5, 5.41) is 2.37. The minimum absolute atomic E-state index is 0.218. The summed E-state index contributed by atoms with van der Waals surface area (Å²) in [5.41, 5.74) is 1.50. The van der Waals surface area contributed by atoms with Gasteiger partial charge >= 0.3 is 11.8 Å².